The number of carboxylic acids is 1. The van der Waals surface area contributed by atoms with Crippen LogP contribution in [0, 0.1) is 0 Å². The van der Waals surface area contributed by atoms with E-state index < -0.39 is 46.4 Å². The van der Waals surface area contributed by atoms with Gasteiger partial charge < -0.3 is 26.8 Å². The summed E-state index contributed by atoms with van der Waals surface area (Å²) < 4.78 is 33.9. The molecule has 0 aromatic heterocycles. The summed E-state index contributed by atoms with van der Waals surface area (Å²) >= 11 is 0. The third-order valence-corrected chi connectivity index (χ3v) is 4.34. The van der Waals surface area contributed by atoms with E-state index in [4.69, 9.17) is 16.0 Å². The number of nitrogens with zero attached hydrogens (tertiary/aromatic N) is 1. The second-order valence-corrected chi connectivity index (χ2v) is 7.12. The van der Waals surface area contributed by atoms with Crippen LogP contribution in [0.5, 0.6) is 0 Å². The first kappa shape index (κ1) is 23.0. The van der Waals surface area contributed by atoms with Crippen molar-refractivity contribution in [2.75, 3.05) is 13.1 Å². The third kappa shape index (κ3) is 8.04. The number of unbranched alkanes of at least 4 members (excludes halogenated alkanes) is 1. The minimum atomic E-state index is -4.74. The van der Waals surface area contributed by atoms with Gasteiger partial charge in [0.15, 0.2) is 0 Å². The Morgan fingerprint density at radius 1 is 1.26 bits per heavy atom. The van der Waals surface area contributed by atoms with Gasteiger partial charge in [-0.25, -0.2) is 9.59 Å². The van der Waals surface area contributed by atoms with Crippen LogP contribution in [0.2, 0.25) is 0 Å². The number of rotatable bonds is 10. The zero-order chi connectivity index (χ0) is 20.6. The van der Waals surface area contributed by atoms with Gasteiger partial charge >= 0.3 is 22.4 Å². The first-order valence-corrected chi connectivity index (χ1v) is 9.62. The number of hydrogen-bond acceptors (Lipinski definition) is 8. The van der Waals surface area contributed by atoms with Crippen molar-refractivity contribution >= 4 is 28.3 Å². The van der Waals surface area contributed by atoms with E-state index in [0.717, 1.165) is 4.90 Å². The fourth-order valence-electron chi connectivity index (χ4n) is 2.70. The lowest BCUT2D eigenvalue weighted by molar-refractivity contribution is -0.139. The molecule has 1 aliphatic rings. The summed E-state index contributed by atoms with van der Waals surface area (Å²) in [5.74, 6) is -2.02. The molecule has 3 amide bonds. The van der Waals surface area contributed by atoms with Crippen molar-refractivity contribution in [3.05, 3.63) is 0 Å². The first-order chi connectivity index (χ1) is 12.5. The molecule has 156 valence electrons. The van der Waals surface area contributed by atoms with Gasteiger partial charge in [0, 0.05) is 6.54 Å². The van der Waals surface area contributed by atoms with E-state index in [2.05, 4.69) is 15.1 Å². The molecule has 1 rings (SSSR count). The molecular formula is C13H25N5O8S. The molecule has 3 atom stereocenters. The lowest BCUT2D eigenvalue weighted by Gasteiger charge is -2.38. The third-order valence-electron chi connectivity index (χ3n) is 4.03. The average Bonchev–Trinajstić information content (AvgIpc) is 2.57. The van der Waals surface area contributed by atoms with Gasteiger partial charge in [-0.2, -0.15) is 18.2 Å². The van der Waals surface area contributed by atoms with E-state index >= 15 is 0 Å². The number of hydrogen-bond donors (Lipinski definition) is 6. The SMILES string of the molecule is NCCCC[C@H](NC(=O)N1C[C@H](NOS(=O)(=O)O)CC[C@H]1C(N)=O)C(=O)O. The number of piperidine rings is 1. The summed E-state index contributed by atoms with van der Waals surface area (Å²) in [4.78, 5) is 36.4. The molecule has 8 N–H and O–H groups in total. The van der Waals surface area contributed by atoms with Gasteiger partial charge in [0.2, 0.25) is 5.91 Å². The molecular weight excluding hydrogens is 386 g/mol. The molecule has 0 spiro atoms. The number of primary amides is 1. The highest BCUT2D eigenvalue weighted by Gasteiger charge is 2.36. The molecule has 1 fully saturated rings. The molecule has 1 heterocycles. The Morgan fingerprint density at radius 3 is 2.44 bits per heavy atom. The summed E-state index contributed by atoms with van der Waals surface area (Å²) in [6.45, 7) is 0.196. The zero-order valence-corrected chi connectivity index (χ0v) is 15.4. The molecule has 0 aliphatic carbocycles. The Labute approximate surface area is 156 Å². The van der Waals surface area contributed by atoms with E-state index in [1.165, 1.54) is 0 Å². The van der Waals surface area contributed by atoms with E-state index in [0.29, 0.717) is 19.4 Å². The Bertz CT molecular complexity index is 643. The predicted molar refractivity (Wildman–Crippen MR) is 91.3 cm³/mol. The summed E-state index contributed by atoms with van der Waals surface area (Å²) in [5, 5.41) is 11.6. The van der Waals surface area contributed by atoms with Crippen LogP contribution in [-0.4, -0.2) is 72.1 Å². The maximum atomic E-state index is 12.5. The molecule has 0 saturated carbocycles. The number of carbonyl (C=O) groups excluding carboxylic acids is 2. The fourth-order valence-corrected chi connectivity index (χ4v) is 2.96. The van der Waals surface area contributed by atoms with Crippen LogP contribution in [0.25, 0.3) is 0 Å². The number of hydroxylamine groups is 1. The molecule has 27 heavy (non-hydrogen) atoms. The van der Waals surface area contributed by atoms with Crippen LogP contribution in [0.3, 0.4) is 0 Å². The van der Waals surface area contributed by atoms with Gasteiger partial charge in [-0.1, -0.05) is 0 Å². The highest BCUT2D eigenvalue weighted by atomic mass is 32.3. The average molecular weight is 411 g/mol. The number of nitrogens with two attached hydrogens (primary N) is 2. The smallest absolute Gasteiger partial charge is 0.413 e. The van der Waals surface area contributed by atoms with Crippen LogP contribution in [0.4, 0.5) is 4.79 Å². The Hall–Kier alpha value is -2.00. The van der Waals surface area contributed by atoms with Crippen LogP contribution in [-0.2, 0) is 24.3 Å². The molecule has 1 aliphatic heterocycles. The van der Waals surface area contributed by atoms with E-state index in [1.807, 2.05) is 0 Å². The fraction of sp³-hybridized carbons (Fsp3) is 0.769. The van der Waals surface area contributed by atoms with Crippen LogP contribution in [0.15, 0.2) is 0 Å². The number of carbonyl (C=O) groups is 3. The number of carboxylic acid groups (broad SMARTS) is 1. The van der Waals surface area contributed by atoms with Gasteiger partial charge in [-0.3, -0.25) is 9.35 Å². The van der Waals surface area contributed by atoms with E-state index in [1.54, 1.807) is 0 Å². The lowest BCUT2D eigenvalue weighted by atomic mass is 9.98. The summed E-state index contributed by atoms with van der Waals surface area (Å²) in [6.07, 6.45) is 1.55. The predicted octanol–water partition coefficient (Wildman–Crippen LogP) is -2.08. The molecule has 1 saturated heterocycles. The van der Waals surface area contributed by atoms with Crippen molar-refractivity contribution in [1.82, 2.24) is 15.7 Å². The first-order valence-electron chi connectivity index (χ1n) is 8.26. The lowest BCUT2D eigenvalue weighted by Crippen LogP contribution is -2.60. The Balaban J connectivity index is 2.79. The normalized spacial score (nSPS) is 21.5. The maximum Gasteiger partial charge on any atom is 0.413 e. The topological polar surface area (TPSA) is 214 Å². The molecule has 0 radical (unpaired) electrons. The molecule has 14 heteroatoms. The largest absolute Gasteiger partial charge is 0.480 e. The monoisotopic (exact) mass is 411 g/mol. The van der Waals surface area contributed by atoms with Gasteiger partial charge in [-0.15, -0.1) is 0 Å². The van der Waals surface area contributed by atoms with Crippen LogP contribution < -0.4 is 22.3 Å². The number of urea groups is 1. The maximum absolute atomic E-state index is 12.5. The molecule has 13 nitrogen and oxygen atoms in total. The Morgan fingerprint density at radius 2 is 1.93 bits per heavy atom. The molecule has 0 unspecified atom stereocenters. The van der Waals surface area contributed by atoms with Gasteiger partial charge in [-0.05, 0) is 38.6 Å². The standard InChI is InChI=1S/C13H25N5O8S/c14-6-2-1-3-9(12(20)21)16-13(22)18-7-8(17-26-27(23,24)25)4-5-10(18)11(15)19/h8-10,17H,1-7,14H2,(H2,15,19)(H,16,22)(H,20,21)(H,23,24,25)/t8-,9+,10+/m1/s1. The van der Waals surface area contributed by atoms with Crippen molar-refractivity contribution in [1.29, 1.82) is 0 Å². The number of aliphatic carboxylic acids is 1. The van der Waals surface area contributed by atoms with Crippen molar-refractivity contribution in [3.63, 3.8) is 0 Å². The van der Waals surface area contributed by atoms with Crippen molar-refractivity contribution in [2.45, 2.75) is 50.2 Å². The number of likely N-dealkylation sites (tertiary alicyclic amines) is 1. The summed E-state index contributed by atoms with van der Waals surface area (Å²) in [6, 6.07) is -3.74. The molecule has 0 aromatic carbocycles. The second-order valence-electron chi connectivity index (χ2n) is 6.10. The van der Waals surface area contributed by atoms with Crippen LogP contribution >= 0.6 is 0 Å². The molecule has 0 bridgehead atoms. The van der Waals surface area contributed by atoms with Crippen LogP contribution in [0.1, 0.15) is 32.1 Å². The van der Waals surface area contributed by atoms with Gasteiger partial charge in [0.25, 0.3) is 0 Å². The van der Waals surface area contributed by atoms with Crippen molar-refractivity contribution in [2.24, 2.45) is 11.5 Å². The van der Waals surface area contributed by atoms with Gasteiger partial charge in [0.05, 0.1) is 6.04 Å². The highest BCUT2D eigenvalue weighted by molar-refractivity contribution is 7.80. The number of nitrogens with one attached hydrogen (secondary N) is 2. The minimum absolute atomic E-state index is 0.0974. The quantitative estimate of drug-likeness (QED) is 0.131. The summed E-state index contributed by atoms with van der Waals surface area (Å²) in [5.41, 5.74) is 12.7. The summed E-state index contributed by atoms with van der Waals surface area (Å²) in [7, 11) is -4.74. The Kier molecular flexibility index (Phi) is 8.84. The zero-order valence-electron chi connectivity index (χ0n) is 14.5. The molecule has 0 aromatic rings. The second kappa shape index (κ2) is 10.4. The van der Waals surface area contributed by atoms with Crippen molar-refractivity contribution < 1.29 is 36.7 Å². The van der Waals surface area contributed by atoms with E-state index in [9.17, 15) is 27.9 Å². The minimum Gasteiger partial charge on any atom is -0.480 e. The highest BCUT2D eigenvalue weighted by Crippen LogP contribution is 2.18. The number of amides is 3. The van der Waals surface area contributed by atoms with E-state index in [-0.39, 0.29) is 25.8 Å². The van der Waals surface area contributed by atoms with Gasteiger partial charge in [0.1, 0.15) is 12.1 Å². The van der Waals surface area contributed by atoms with Crippen molar-refractivity contribution in [3.8, 4) is 0 Å².